The van der Waals surface area contributed by atoms with Gasteiger partial charge >= 0.3 is 0 Å². The zero-order valence-corrected chi connectivity index (χ0v) is 16.6. The Labute approximate surface area is 143 Å². The summed E-state index contributed by atoms with van der Waals surface area (Å²) in [5.41, 5.74) is 0.197. The number of nitrogens with zero attached hydrogens (tertiary/aromatic N) is 1. The van der Waals surface area contributed by atoms with Crippen molar-refractivity contribution in [2.24, 2.45) is 0 Å². The van der Waals surface area contributed by atoms with Crippen LogP contribution in [0.5, 0.6) is 0 Å². The molecule has 1 heterocycles. The van der Waals surface area contributed by atoms with E-state index in [1.165, 1.54) is 22.2 Å². The molecule has 0 saturated carbocycles. The molecule has 0 aliphatic rings. The van der Waals surface area contributed by atoms with E-state index >= 15 is 0 Å². The van der Waals surface area contributed by atoms with E-state index in [-0.39, 0.29) is 5.54 Å². The lowest BCUT2D eigenvalue weighted by Gasteiger charge is -2.46. The highest BCUT2D eigenvalue weighted by molar-refractivity contribution is 9.10. The second-order valence-electron chi connectivity index (χ2n) is 5.79. The largest absolute Gasteiger partial charge is 0.312 e. The van der Waals surface area contributed by atoms with Gasteiger partial charge < -0.3 is 5.32 Å². The van der Waals surface area contributed by atoms with Gasteiger partial charge in [-0.15, -0.1) is 11.3 Å². The fourth-order valence-corrected chi connectivity index (χ4v) is 4.68. The summed E-state index contributed by atoms with van der Waals surface area (Å²) in [4.78, 5) is 4.07. The van der Waals surface area contributed by atoms with Gasteiger partial charge in [-0.2, -0.15) is 0 Å². The van der Waals surface area contributed by atoms with E-state index in [2.05, 4.69) is 72.2 Å². The molecule has 1 aromatic rings. The number of nitrogens with one attached hydrogen (secondary N) is 1. The molecule has 0 saturated heterocycles. The molecule has 0 aromatic carbocycles. The summed E-state index contributed by atoms with van der Waals surface area (Å²) in [5.74, 6) is 0. The van der Waals surface area contributed by atoms with Crippen molar-refractivity contribution in [2.75, 3.05) is 19.6 Å². The molecule has 4 heteroatoms. The van der Waals surface area contributed by atoms with E-state index in [1.54, 1.807) is 0 Å². The lowest BCUT2D eigenvalue weighted by atomic mass is 9.84. The average molecular weight is 375 g/mol. The number of rotatable bonds is 10. The Morgan fingerprint density at radius 1 is 1.29 bits per heavy atom. The van der Waals surface area contributed by atoms with Crippen LogP contribution in [-0.4, -0.2) is 36.1 Å². The molecule has 0 spiro atoms. The predicted octanol–water partition coefficient (Wildman–Crippen LogP) is 4.93. The van der Waals surface area contributed by atoms with Gasteiger partial charge in [0.15, 0.2) is 0 Å². The third-order valence-electron chi connectivity index (χ3n) is 4.67. The van der Waals surface area contributed by atoms with Crippen LogP contribution in [0.4, 0.5) is 0 Å². The summed E-state index contributed by atoms with van der Waals surface area (Å²) in [5, 5.41) is 6.00. The van der Waals surface area contributed by atoms with Crippen molar-refractivity contribution in [3.8, 4) is 0 Å². The summed E-state index contributed by atoms with van der Waals surface area (Å²) in [6, 6.07) is 2.65. The van der Waals surface area contributed by atoms with Crippen molar-refractivity contribution < 1.29 is 0 Å². The van der Waals surface area contributed by atoms with Crippen LogP contribution in [-0.2, 0) is 6.42 Å². The molecule has 2 nitrogen and oxygen atoms in total. The maximum atomic E-state index is 3.82. The maximum Gasteiger partial charge on any atom is 0.0335 e. The summed E-state index contributed by atoms with van der Waals surface area (Å²) in [7, 11) is 0. The van der Waals surface area contributed by atoms with Gasteiger partial charge in [-0.1, -0.05) is 27.7 Å². The Morgan fingerprint density at radius 3 is 2.38 bits per heavy atom. The van der Waals surface area contributed by atoms with Gasteiger partial charge in [-0.05, 0) is 73.2 Å². The molecule has 1 N–H and O–H groups in total. The number of halogens is 1. The summed E-state index contributed by atoms with van der Waals surface area (Å²) >= 11 is 5.55. The van der Waals surface area contributed by atoms with Crippen LogP contribution in [0, 0.1) is 0 Å². The molecule has 2 unspecified atom stereocenters. The molecule has 0 fully saturated rings. The lowest BCUT2D eigenvalue weighted by molar-refractivity contribution is 0.0703. The van der Waals surface area contributed by atoms with Crippen LogP contribution in [0.15, 0.2) is 15.9 Å². The molecule has 0 bridgehead atoms. The quantitative estimate of drug-likeness (QED) is 0.624. The number of thiophene rings is 1. The first-order chi connectivity index (χ1) is 10.0. The Bertz CT molecular complexity index is 403. The van der Waals surface area contributed by atoms with Gasteiger partial charge in [-0.25, -0.2) is 0 Å². The van der Waals surface area contributed by atoms with Crippen LogP contribution in [0.3, 0.4) is 0 Å². The van der Waals surface area contributed by atoms with Gasteiger partial charge in [0.2, 0.25) is 0 Å². The van der Waals surface area contributed by atoms with Gasteiger partial charge in [0.1, 0.15) is 0 Å². The Balaban J connectivity index is 3.00. The fraction of sp³-hybridized carbons (Fsp3) is 0.765. The minimum Gasteiger partial charge on any atom is -0.312 e. The molecule has 0 aliphatic carbocycles. The molecule has 0 aliphatic heterocycles. The van der Waals surface area contributed by atoms with Crippen LogP contribution in [0.2, 0.25) is 0 Å². The topological polar surface area (TPSA) is 15.3 Å². The molecule has 0 amide bonds. The van der Waals surface area contributed by atoms with Crippen molar-refractivity contribution in [1.82, 2.24) is 10.2 Å². The third kappa shape index (κ3) is 4.78. The monoisotopic (exact) mass is 374 g/mol. The van der Waals surface area contributed by atoms with Crippen LogP contribution < -0.4 is 5.32 Å². The number of hydrogen-bond donors (Lipinski definition) is 1. The van der Waals surface area contributed by atoms with Crippen molar-refractivity contribution >= 4 is 27.3 Å². The Kier molecular flexibility index (Phi) is 8.47. The molecule has 2 atom stereocenters. The molecule has 0 radical (unpaired) electrons. The van der Waals surface area contributed by atoms with Crippen LogP contribution >= 0.6 is 27.3 Å². The van der Waals surface area contributed by atoms with Crippen molar-refractivity contribution in [1.29, 1.82) is 0 Å². The predicted molar refractivity (Wildman–Crippen MR) is 99.4 cm³/mol. The third-order valence-corrected chi connectivity index (χ3v) is 6.62. The van der Waals surface area contributed by atoms with Crippen molar-refractivity contribution in [2.45, 2.75) is 65.5 Å². The van der Waals surface area contributed by atoms with Gasteiger partial charge in [0.05, 0.1) is 0 Å². The van der Waals surface area contributed by atoms with Crippen LogP contribution in [0.25, 0.3) is 0 Å². The summed E-state index contributed by atoms with van der Waals surface area (Å²) in [6.45, 7) is 14.8. The standard InChI is InChI=1S/C17H31BrN2S/c1-6-11-19-16(13-15-14(18)10-12-21-15)17(5,7-2)20(8-3)9-4/h10,12,16,19H,6-9,11,13H2,1-5H3. The second-order valence-corrected chi connectivity index (χ2v) is 7.64. The summed E-state index contributed by atoms with van der Waals surface area (Å²) in [6.07, 6.45) is 3.44. The normalized spacial score (nSPS) is 16.1. The van der Waals surface area contributed by atoms with Gasteiger partial charge in [-0.3, -0.25) is 4.90 Å². The second kappa shape index (κ2) is 9.29. The first kappa shape index (κ1) is 19.1. The minimum absolute atomic E-state index is 0.197. The fourth-order valence-electron chi connectivity index (χ4n) is 3.12. The zero-order chi connectivity index (χ0) is 15.9. The summed E-state index contributed by atoms with van der Waals surface area (Å²) < 4.78 is 1.26. The van der Waals surface area contributed by atoms with E-state index in [4.69, 9.17) is 0 Å². The van der Waals surface area contributed by atoms with Gasteiger partial charge in [0, 0.05) is 20.9 Å². The highest BCUT2D eigenvalue weighted by Gasteiger charge is 2.37. The number of likely N-dealkylation sites (N-methyl/N-ethyl adjacent to an activating group) is 1. The number of hydrogen-bond acceptors (Lipinski definition) is 3. The van der Waals surface area contributed by atoms with Crippen molar-refractivity contribution in [3.05, 3.63) is 20.8 Å². The van der Waals surface area contributed by atoms with E-state index < -0.39 is 0 Å². The van der Waals surface area contributed by atoms with E-state index in [0.29, 0.717) is 6.04 Å². The SMILES string of the molecule is CCCNC(Cc1sccc1Br)C(C)(CC)N(CC)CC. The van der Waals surface area contributed by atoms with E-state index in [0.717, 1.165) is 26.1 Å². The van der Waals surface area contributed by atoms with E-state index in [1.807, 2.05) is 11.3 Å². The first-order valence-electron chi connectivity index (χ1n) is 8.23. The maximum absolute atomic E-state index is 3.82. The highest BCUT2D eigenvalue weighted by atomic mass is 79.9. The Morgan fingerprint density at radius 2 is 1.95 bits per heavy atom. The van der Waals surface area contributed by atoms with Crippen molar-refractivity contribution in [3.63, 3.8) is 0 Å². The highest BCUT2D eigenvalue weighted by Crippen LogP contribution is 2.30. The van der Waals surface area contributed by atoms with E-state index in [9.17, 15) is 0 Å². The minimum atomic E-state index is 0.197. The zero-order valence-electron chi connectivity index (χ0n) is 14.2. The van der Waals surface area contributed by atoms with Gasteiger partial charge in [0.25, 0.3) is 0 Å². The molecular formula is C17H31BrN2S. The van der Waals surface area contributed by atoms with Crippen LogP contribution in [0.1, 0.15) is 52.3 Å². The molecule has 122 valence electrons. The Hall–Kier alpha value is 0.1000. The molecule has 1 rings (SSSR count). The molecular weight excluding hydrogens is 344 g/mol. The molecule has 1 aromatic heterocycles. The first-order valence-corrected chi connectivity index (χ1v) is 9.90. The lowest BCUT2D eigenvalue weighted by Crippen LogP contribution is -2.60. The smallest absolute Gasteiger partial charge is 0.0335 e. The molecule has 21 heavy (non-hydrogen) atoms. The average Bonchev–Trinajstić information content (AvgIpc) is 2.89.